The van der Waals surface area contributed by atoms with Crippen molar-refractivity contribution in [1.82, 2.24) is 9.97 Å². The molecule has 4 rings (SSSR count). The highest BCUT2D eigenvalue weighted by Crippen LogP contribution is 2.40. The Morgan fingerprint density at radius 3 is 2.85 bits per heavy atom. The Labute approximate surface area is 167 Å². The summed E-state index contributed by atoms with van der Waals surface area (Å²) in [6, 6.07) is 6.07. The number of hydrogen-bond donors (Lipinski definition) is 1. The highest BCUT2D eigenvalue weighted by molar-refractivity contribution is 8.00. The molecule has 1 unspecified atom stereocenters. The monoisotopic (exact) mass is 397 g/mol. The van der Waals surface area contributed by atoms with Gasteiger partial charge < -0.3 is 5.32 Å². The Hall–Kier alpha value is -1.92. The summed E-state index contributed by atoms with van der Waals surface area (Å²) in [7, 11) is 0. The molecular weight excluding hydrogens is 374 g/mol. The molecule has 6 heteroatoms. The quantitative estimate of drug-likeness (QED) is 0.479. The van der Waals surface area contributed by atoms with Gasteiger partial charge in [0.05, 0.1) is 5.25 Å². The average molecular weight is 398 g/mol. The van der Waals surface area contributed by atoms with Gasteiger partial charge in [-0.3, -0.25) is 4.79 Å². The number of fused-ring (bicyclic) bond motifs is 3. The van der Waals surface area contributed by atoms with Crippen molar-refractivity contribution in [3.8, 4) is 0 Å². The first-order valence-electron chi connectivity index (χ1n) is 9.33. The van der Waals surface area contributed by atoms with Gasteiger partial charge in [-0.2, -0.15) is 0 Å². The highest BCUT2D eigenvalue weighted by Gasteiger charge is 2.23. The van der Waals surface area contributed by atoms with Crippen LogP contribution in [0.5, 0.6) is 0 Å². The molecule has 0 fully saturated rings. The number of rotatable bonds is 4. The van der Waals surface area contributed by atoms with Gasteiger partial charge in [-0.15, -0.1) is 11.3 Å². The van der Waals surface area contributed by atoms with E-state index in [1.165, 1.54) is 46.0 Å². The normalized spacial score (nSPS) is 14.8. The fourth-order valence-corrected chi connectivity index (χ4v) is 5.80. The van der Waals surface area contributed by atoms with E-state index in [2.05, 4.69) is 28.3 Å². The van der Waals surface area contributed by atoms with Gasteiger partial charge in [0, 0.05) is 16.0 Å². The first-order valence-corrected chi connectivity index (χ1v) is 11.0. The molecule has 1 amide bonds. The van der Waals surface area contributed by atoms with Crippen LogP contribution in [0, 0.1) is 13.8 Å². The molecule has 1 aliphatic carbocycles. The van der Waals surface area contributed by atoms with Crippen LogP contribution in [0.15, 0.2) is 29.6 Å². The zero-order chi connectivity index (χ0) is 19.0. The molecule has 0 bridgehead atoms. The Morgan fingerprint density at radius 2 is 2.04 bits per heavy atom. The standard InChI is InChI=1S/C21H23N3OS2/c1-12-8-9-16(13(2)10-12)24-19(25)14(3)26-20-18-15-6-4-5-7-17(15)27-21(18)23-11-22-20/h8-11,14H,4-7H2,1-3H3,(H,24,25). The summed E-state index contributed by atoms with van der Waals surface area (Å²) in [5.74, 6) is 0.00260. The molecule has 140 valence electrons. The van der Waals surface area contributed by atoms with E-state index in [1.807, 2.05) is 26.0 Å². The smallest absolute Gasteiger partial charge is 0.237 e. The van der Waals surface area contributed by atoms with Gasteiger partial charge >= 0.3 is 0 Å². The maximum absolute atomic E-state index is 12.7. The molecule has 3 aromatic rings. The number of thiophene rings is 1. The number of nitrogens with zero attached hydrogens (tertiary/aromatic N) is 2. The second kappa shape index (κ2) is 7.60. The molecule has 1 atom stereocenters. The topological polar surface area (TPSA) is 54.9 Å². The summed E-state index contributed by atoms with van der Waals surface area (Å²) in [5.41, 5.74) is 4.56. The lowest BCUT2D eigenvalue weighted by Crippen LogP contribution is -2.23. The zero-order valence-corrected chi connectivity index (χ0v) is 17.5. The van der Waals surface area contributed by atoms with Crippen LogP contribution in [-0.2, 0) is 17.6 Å². The van der Waals surface area contributed by atoms with Crippen LogP contribution in [-0.4, -0.2) is 21.1 Å². The molecule has 1 aliphatic rings. The molecular formula is C21H23N3OS2. The number of aromatic nitrogens is 2. The number of carbonyl (C=O) groups excluding carboxylic acids is 1. The van der Waals surface area contributed by atoms with E-state index < -0.39 is 0 Å². The van der Waals surface area contributed by atoms with Crippen LogP contribution < -0.4 is 5.32 Å². The van der Waals surface area contributed by atoms with Crippen molar-refractivity contribution in [2.45, 2.75) is 56.7 Å². The van der Waals surface area contributed by atoms with Crippen molar-refractivity contribution < 1.29 is 4.79 Å². The summed E-state index contributed by atoms with van der Waals surface area (Å²) in [5, 5.41) is 4.94. The fraction of sp³-hybridized carbons (Fsp3) is 0.381. The van der Waals surface area contributed by atoms with Gasteiger partial charge in [0.15, 0.2) is 0 Å². The molecule has 4 nitrogen and oxygen atoms in total. The molecule has 0 spiro atoms. The Morgan fingerprint density at radius 1 is 1.22 bits per heavy atom. The Bertz CT molecular complexity index is 1010. The summed E-state index contributed by atoms with van der Waals surface area (Å²) < 4.78 is 0. The summed E-state index contributed by atoms with van der Waals surface area (Å²) in [6.07, 6.45) is 6.34. The van der Waals surface area contributed by atoms with E-state index in [4.69, 9.17) is 0 Å². The minimum absolute atomic E-state index is 0.00260. The van der Waals surface area contributed by atoms with Crippen molar-refractivity contribution in [2.24, 2.45) is 0 Å². The van der Waals surface area contributed by atoms with Crippen LogP contribution in [0.3, 0.4) is 0 Å². The predicted octanol–water partition coefficient (Wildman–Crippen LogP) is 5.31. The van der Waals surface area contributed by atoms with Crippen LogP contribution in [0.25, 0.3) is 10.2 Å². The van der Waals surface area contributed by atoms with E-state index in [0.717, 1.165) is 33.9 Å². The third-order valence-corrected chi connectivity index (χ3v) is 7.31. The lowest BCUT2D eigenvalue weighted by Gasteiger charge is -2.15. The number of thioether (sulfide) groups is 1. The molecule has 0 saturated carbocycles. The number of amides is 1. The van der Waals surface area contributed by atoms with Gasteiger partial charge in [-0.05, 0) is 63.6 Å². The number of hydrogen-bond acceptors (Lipinski definition) is 5. The minimum atomic E-state index is -0.233. The van der Waals surface area contributed by atoms with E-state index >= 15 is 0 Å². The Kier molecular flexibility index (Phi) is 5.19. The minimum Gasteiger partial charge on any atom is -0.325 e. The van der Waals surface area contributed by atoms with Gasteiger partial charge in [0.1, 0.15) is 16.2 Å². The van der Waals surface area contributed by atoms with Crippen molar-refractivity contribution >= 4 is 44.9 Å². The molecule has 2 heterocycles. The molecule has 0 radical (unpaired) electrons. The van der Waals surface area contributed by atoms with Crippen molar-refractivity contribution in [1.29, 1.82) is 0 Å². The van der Waals surface area contributed by atoms with E-state index in [1.54, 1.807) is 17.7 Å². The van der Waals surface area contributed by atoms with Crippen LogP contribution >= 0.6 is 23.1 Å². The third-order valence-electron chi connectivity index (χ3n) is 5.01. The highest BCUT2D eigenvalue weighted by atomic mass is 32.2. The number of nitrogens with one attached hydrogen (secondary N) is 1. The molecule has 1 aromatic carbocycles. The van der Waals surface area contributed by atoms with E-state index in [9.17, 15) is 4.79 Å². The van der Waals surface area contributed by atoms with Crippen molar-refractivity contribution in [2.75, 3.05) is 5.32 Å². The van der Waals surface area contributed by atoms with Crippen LogP contribution in [0.4, 0.5) is 5.69 Å². The van der Waals surface area contributed by atoms with E-state index in [-0.39, 0.29) is 11.2 Å². The van der Waals surface area contributed by atoms with Crippen molar-refractivity contribution in [3.05, 3.63) is 46.1 Å². The van der Waals surface area contributed by atoms with E-state index in [0.29, 0.717) is 0 Å². The van der Waals surface area contributed by atoms with Crippen LogP contribution in [0.1, 0.15) is 41.3 Å². The van der Waals surface area contributed by atoms with Crippen LogP contribution in [0.2, 0.25) is 0 Å². The second-order valence-electron chi connectivity index (χ2n) is 7.14. The van der Waals surface area contributed by atoms with Gasteiger partial charge in [-0.25, -0.2) is 9.97 Å². The number of benzene rings is 1. The van der Waals surface area contributed by atoms with Gasteiger partial charge in [0.2, 0.25) is 5.91 Å². The molecule has 0 aliphatic heterocycles. The molecule has 0 saturated heterocycles. The number of carbonyl (C=O) groups is 1. The maximum atomic E-state index is 12.7. The lowest BCUT2D eigenvalue weighted by atomic mass is 9.97. The Balaban J connectivity index is 1.56. The molecule has 27 heavy (non-hydrogen) atoms. The molecule has 2 aromatic heterocycles. The summed E-state index contributed by atoms with van der Waals surface area (Å²) in [4.78, 5) is 24.3. The SMILES string of the molecule is Cc1ccc(NC(=O)C(C)Sc2ncnc3sc4c(c23)CCCC4)c(C)c1. The summed E-state index contributed by atoms with van der Waals surface area (Å²) in [6.45, 7) is 6.02. The number of aryl methyl sites for hydroxylation is 4. The maximum Gasteiger partial charge on any atom is 0.237 e. The fourth-order valence-electron chi connectivity index (χ4n) is 3.56. The van der Waals surface area contributed by atoms with Gasteiger partial charge in [-0.1, -0.05) is 29.5 Å². The van der Waals surface area contributed by atoms with Gasteiger partial charge in [0.25, 0.3) is 0 Å². The first-order chi connectivity index (χ1) is 13.0. The van der Waals surface area contributed by atoms with Crippen molar-refractivity contribution in [3.63, 3.8) is 0 Å². The average Bonchev–Trinajstić information content (AvgIpc) is 3.03. The molecule has 1 N–H and O–H groups in total. The number of anilines is 1. The largest absolute Gasteiger partial charge is 0.325 e. The second-order valence-corrected chi connectivity index (χ2v) is 9.55. The third kappa shape index (κ3) is 3.73. The first kappa shape index (κ1) is 18.4. The zero-order valence-electron chi connectivity index (χ0n) is 15.8. The predicted molar refractivity (Wildman–Crippen MR) is 114 cm³/mol. The summed E-state index contributed by atoms with van der Waals surface area (Å²) >= 11 is 3.32. The lowest BCUT2D eigenvalue weighted by molar-refractivity contribution is -0.115.